The summed E-state index contributed by atoms with van der Waals surface area (Å²) in [6.07, 6.45) is 1.29. The van der Waals surface area contributed by atoms with Gasteiger partial charge in [0.05, 0.1) is 11.1 Å². The highest BCUT2D eigenvalue weighted by Crippen LogP contribution is 2.23. The van der Waals surface area contributed by atoms with Crippen molar-refractivity contribution in [3.8, 4) is 0 Å². The van der Waals surface area contributed by atoms with Crippen LogP contribution in [-0.2, 0) is 5.75 Å². The third-order valence-electron chi connectivity index (χ3n) is 2.88. The van der Waals surface area contributed by atoms with Gasteiger partial charge in [-0.25, -0.2) is 4.98 Å². The maximum Gasteiger partial charge on any atom is 0.0963 e. The maximum absolute atomic E-state index is 9.41. The second-order valence-electron chi connectivity index (χ2n) is 4.32. The van der Waals surface area contributed by atoms with Gasteiger partial charge in [-0.1, -0.05) is 30.3 Å². The van der Waals surface area contributed by atoms with Gasteiger partial charge >= 0.3 is 0 Å². The normalized spacial score (nSPS) is 12.4. The van der Waals surface area contributed by atoms with Crippen LogP contribution in [0.1, 0.15) is 29.7 Å². The third kappa shape index (κ3) is 3.34. The molecule has 0 aliphatic carbocycles. The molecule has 0 aliphatic heterocycles. The molecule has 0 spiro atoms. The van der Waals surface area contributed by atoms with E-state index in [4.69, 9.17) is 0 Å². The smallest absolute Gasteiger partial charge is 0.0963 e. The zero-order valence-electron chi connectivity index (χ0n) is 10.6. The van der Waals surface area contributed by atoms with Gasteiger partial charge in [-0.15, -0.1) is 11.8 Å². The molecular weight excluding hydrogens is 242 g/mol. The Morgan fingerprint density at radius 1 is 1.22 bits per heavy atom. The minimum absolute atomic E-state index is 0.451. The molecule has 1 N–H and O–H groups in total. The molecule has 0 saturated heterocycles. The summed E-state index contributed by atoms with van der Waals surface area (Å²) >= 11 is 1.72. The molecule has 2 aromatic rings. The molecule has 0 aliphatic rings. The number of hydrogen-bond acceptors (Lipinski definition) is 3. The van der Waals surface area contributed by atoms with Gasteiger partial charge in [0.15, 0.2) is 0 Å². The molecule has 94 valence electrons. The predicted octanol–water partition coefficient (Wildman–Crippen LogP) is 3.74. The summed E-state index contributed by atoms with van der Waals surface area (Å²) < 4.78 is 0. The average Bonchev–Trinajstić information content (AvgIpc) is 2.38. The van der Waals surface area contributed by atoms with E-state index in [1.54, 1.807) is 24.9 Å². The monoisotopic (exact) mass is 259 g/mol. The standard InChI is InChI=1S/C15H17NOS/c1-11-5-3-4-6-14(11)10-18-15-8-7-13(9-16-15)12(2)17/h3-9,12,17H,10H2,1-2H3/t12-/m1/s1. The lowest BCUT2D eigenvalue weighted by Gasteiger charge is -2.06. The Morgan fingerprint density at radius 2 is 2.00 bits per heavy atom. The van der Waals surface area contributed by atoms with Crippen molar-refractivity contribution in [1.82, 2.24) is 4.98 Å². The molecule has 0 saturated carbocycles. The molecule has 18 heavy (non-hydrogen) atoms. The SMILES string of the molecule is Cc1ccccc1CSc1ccc([C@@H](C)O)cn1. The second-order valence-corrected chi connectivity index (χ2v) is 5.32. The summed E-state index contributed by atoms with van der Waals surface area (Å²) in [4.78, 5) is 4.35. The first-order valence-corrected chi connectivity index (χ1v) is 6.96. The predicted molar refractivity (Wildman–Crippen MR) is 75.6 cm³/mol. The lowest BCUT2D eigenvalue weighted by molar-refractivity contribution is 0.198. The van der Waals surface area contributed by atoms with E-state index in [0.29, 0.717) is 0 Å². The molecule has 1 heterocycles. The number of thioether (sulfide) groups is 1. The fourth-order valence-corrected chi connectivity index (χ4v) is 2.57. The van der Waals surface area contributed by atoms with Crippen molar-refractivity contribution in [2.45, 2.75) is 30.7 Å². The maximum atomic E-state index is 9.41. The van der Waals surface area contributed by atoms with Gasteiger partial charge in [0, 0.05) is 11.9 Å². The molecule has 0 amide bonds. The van der Waals surface area contributed by atoms with E-state index in [2.05, 4.69) is 36.2 Å². The van der Waals surface area contributed by atoms with Crippen molar-refractivity contribution < 1.29 is 5.11 Å². The molecule has 2 rings (SSSR count). The second kappa shape index (κ2) is 6.03. The molecular formula is C15H17NOS. The molecule has 0 fully saturated rings. The van der Waals surface area contributed by atoms with Gasteiger partial charge in [-0.05, 0) is 36.6 Å². The molecule has 1 aromatic carbocycles. The van der Waals surface area contributed by atoms with Crippen molar-refractivity contribution >= 4 is 11.8 Å². The lowest BCUT2D eigenvalue weighted by atomic mass is 10.1. The summed E-state index contributed by atoms with van der Waals surface area (Å²) in [5.41, 5.74) is 3.50. The number of aliphatic hydroxyl groups is 1. The number of aromatic nitrogens is 1. The molecule has 0 radical (unpaired) electrons. The van der Waals surface area contributed by atoms with Crippen LogP contribution in [0.2, 0.25) is 0 Å². The molecule has 1 aromatic heterocycles. The first-order valence-electron chi connectivity index (χ1n) is 5.98. The van der Waals surface area contributed by atoms with E-state index in [1.807, 2.05) is 12.1 Å². The van der Waals surface area contributed by atoms with Gasteiger partial charge in [-0.3, -0.25) is 0 Å². The van der Waals surface area contributed by atoms with Crippen molar-refractivity contribution in [3.63, 3.8) is 0 Å². The molecule has 0 bridgehead atoms. The van der Waals surface area contributed by atoms with Crippen LogP contribution in [0.5, 0.6) is 0 Å². The van der Waals surface area contributed by atoms with Gasteiger partial charge < -0.3 is 5.11 Å². The number of aryl methyl sites for hydroxylation is 1. The zero-order valence-corrected chi connectivity index (χ0v) is 11.4. The van der Waals surface area contributed by atoms with Gasteiger partial charge in [0.25, 0.3) is 0 Å². The van der Waals surface area contributed by atoms with E-state index in [9.17, 15) is 5.11 Å². The molecule has 0 unspecified atom stereocenters. The van der Waals surface area contributed by atoms with Crippen molar-refractivity contribution in [3.05, 3.63) is 59.3 Å². The Kier molecular flexibility index (Phi) is 4.39. The minimum Gasteiger partial charge on any atom is -0.389 e. The number of aliphatic hydroxyl groups excluding tert-OH is 1. The fraction of sp³-hybridized carbons (Fsp3) is 0.267. The summed E-state index contributed by atoms with van der Waals surface area (Å²) in [6, 6.07) is 12.3. The number of rotatable bonds is 4. The van der Waals surface area contributed by atoms with Crippen LogP contribution in [0.15, 0.2) is 47.6 Å². The lowest BCUT2D eigenvalue weighted by Crippen LogP contribution is -1.92. The first kappa shape index (κ1) is 13.1. The molecule has 2 nitrogen and oxygen atoms in total. The quantitative estimate of drug-likeness (QED) is 0.849. The van der Waals surface area contributed by atoms with Gasteiger partial charge in [0.2, 0.25) is 0 Å². The topological polar surface area (TPSA) is 33.1 Å². The minimum atomic E-state index is -0.451. The Morgan fingerprint density at radius 3 is 2.61 bits per heavy atom. The summed E-state index contributed by atoms with van der Waals surface area (Å²) in [5.74, 6) is 0.924. The first-order chi connectivity index (χ1) is 8.66. The van der Waals surface area contributed by atoms with Crippen LogP contribution in [0.4, 0.5) is 0 Å². The average molecular weight is 259 g/mol. The molecule has 1 atom stereocenters. The van der Waals surface area contributed by atoms with Crippen molar-refractivity contribution in [1.29, 1.82) is 0 Å². The third-order valence-corrected chi connectivity index (χ3v) is 3.87. The summed E-state index contributed by atoms with van der Waals surface area (Å²) in [5, 5.41) is 10.4. The van der Waals surface area contributed by atoms with E-state index in [-0.39, 0.29) is 0 Å². The van der Waals surface area contributed by atoms with Crippen molar-refractivity contribution in [2.75, 3.05) is 0 Å². The Labute approximate surface area is 112 Å². The largest absolute Gasteiger partial charge is 0.389 e. The molecule has 3 heteroatoms. The Bertz CT molecular complexity index is 508. The summed E-state index contributed by atoms with van der Waals surface area (Å²) in [6.45, 7) is 3.87. The van der Waals surface area contributed by atoms with Crippen LogP contribution < -0.4 is 0 Å². The van der Waals surface area contributed by atoms with E-state index in [0.717, 1.165) is 16.3 Å². The number of pyridine rings is 1. The van der Waals surface area contributed by atoms with Crippen LogP contribution in [0.25, 0.3) is 0 Å². The summed E-state index contributed by atoms with van der Waals surface area (Å²) in [7, 11) is 0. The fourth-order valence-electron chi connectivity index (χ4n) is 1.65. The van der Waals surface area contributed by atoms with Crippen LogP contribution in [-0.4, -0.2) is 10.1 Å². The van der Waals surface area contributed by atoms with Gasteiger partial charge in [-0.2, -0.15) is 0 Å². The Balaban J connectivity index is 2.00. The van der Waals surface area contributed by atoms with Crippen LogP contribution in [0.3, 0.4) is 0 Å². The zero-order chi connectivity index (χ0) is 13.0. The van der Waals surface area contributed by atoms with Crippen LogP contribution in [0, 0.1) is 6.92 Å². The highest BCUT2D eigenvalue weighted by Gasteiger charge is 2.03. The van der Waals surface area contributed by atoms with Gasteiger partial charge in [0.1, 0.15) is 0 Å². The Hall–Kier alpha value is -1.32. The number of hydrogen-bond donors (Lipinski definition) is 1. The highest BCUT2D eigenvalue weighted by molar-refractivity contribution is 7.98. The van der Waals surface area contributed by atoms with E-state index < -0.39 is 6.10 Å². The number of nitrogens with zero attached hydrogens (tertiary/aromatic N) is 1. The van der Waals surface area contributed by atoms with E-state index in [1.165, 1.54) is 11.1 Å². The highest BCUT2D eigenvalue weighted by atomic mass is 32.2. The van der Waals surface area contributed by atoms with Crippen LogP contribution >= 0.6 is 11.8 Å². The number of benzene rings is 1. The van der Waals surface area contributed by atoms with Crippen molar-refractivity contribution in [2.24, 2.45) is 0 Å². The van der Waals surface area contributed by atoms with E-state index >= 15 is 0 Å².